The summed E-state index contributed by atoms with van der Waals surface area (Å²) in [5, 5.41) is 12.3. The molecule has 8 nitrogen and oxygen atoms in total. The quantitative estimate of drug-likeness (QED) is 0.621. The topological polar surface area (TPSA) is 112 Å². The van der Waals surface area contributed by atoms with Gasteiger partial charge >= 0.3 is 0 Å². The number of thioether (sulfide) groups is 1. The first-order valence-corrected chi connectivity index (χ1v) is 12.9. The van der Waals surface area contributed by atoms with Crippen LogP contribution in [0, 0.1) is 39.0 Å². The molecule has 1 saturated heterocycles. The van der Waals surface area contributed by atoms with E-state index in [0.29, 0.717) is 48.1 Å². The molecule has 1 fully saturated rings. The summed E-state index contributed by atoms with van der Waals surface area (Å²) in [7, 11) is -3.69. The summed E-state index contributed by atoms with van der Waals surface area (Å²) < 4.78 is 32.9. The number of carbonyl (C=O) groups is 1. The van der Waals surface area contributed by atoms with Crippen molar-refractivity contribution in [1.82, 2.24) is 9.29 Å². The number of nitrogens with zero attached hydrogens (tertiary/aromatic N) is 3. The van der Waals surface area contributed by atoms with E-state index < -0.39 is 15.3 Å². The number of hydrogen-bond acceptors (Lipinski definition) is 7. The Balaban J connectivity index is 1.80. The van der Waals surface area contributed by atoms with Gasteiger partial charge in [0.15, 0.2) is 0 Å². The van der Waals surface area contributed by atoms with Gasteiger partial charge < -0.3 is 10.1 Å². The maximum atomic E-state index is 13.1. The highest BCUT2D eigenvalue weighted by Crippen LogP contribution is 2.30. The molecule has 1 aromatic carbocycles. The highest BCUT2D eigenvalue weighted by atomic mass is 32.2. The first-order valence-electron chi connectivity index (χ1n) is 10.6. The third-order valence-corrected chi connectivity index (χ3v) is 8.90. The van der Waals surface area contributed by atoms with Gasteiger partial charge in [-0.2, -0.15) is 9.57 Å². The molecule has 0 unspecified atom stereocenters. The van der Waals surface area contributed by atoms with Crippen molar-refractivity contribution in [2.75, 3.05) is 31.6 Å². The summed E-state index contributed by atoms with van der Waals surface area (Å²) in [6.07, 6.45) is 0. The molecule has 0 aliphatic carbocycles. The van der Waals surface area contributed by atoms with Crippen LogP contribution in [-0.2, 0) is 19.6 Å². The number of benzene rings is 1. The number of rotatable bonds is 6. The van der Waals surface area contributed by atoms with Crippen LogP contribution in [0.3, 0.4) is 0 Å². The van der Waals surface area contributed by atoms with Gasteiger partial charge in [0.25, 0.3) is 0 Å². The van der Waals surface area contributed by atoms with Crippen LogP contribution >= 0.6 is 11.8 Å². The number of nitriles is 1. The number of pyridine rings is 1. The van der Waals surface area contributed by atoms with E-state index in [1.54, 1.807) is 26.0 Å². The van der Waals surface area contributed by atoms with Gasteiger partial charge in [0.2, 0.25) is 15.9 Å². The van der Waals surface area contributed by atoms with Gasteiger partial charge in [0.1, 0.15) is 11.1 Å². The molecule has 1 amide bonds. The molecule has 1 aromatic heterocycles. The summed E-state index contributed by atoms with van der Waals surface area (Å²) in [5.74, 6) is -0.305. The molecule has 0 saturated carbocycles. The number of amides is 1. The minimum atomic E-state index is -3.69. The molecule has 1 aliphatic rings. The van der Waals surface area contributed by atoms with Crippen LogP contribution in [0.25, 0.3) is 0 Å². The van der Waals surface area contributed by atoms with E-state index in [1.807, 2.05) is 20.8 Å². The Labute approximate surface area is 199 Å². The third-order valence-electron chi connectivity index (χ3n) is 5.78. The zero-order valence-electron chi connectivity index (χ0n) is 19.4. The standard InChI is InChI=1S/C23H28N4O4S2/c1-14-6-7-19(12-21(14)33(29,30)27-8-10-31-11-9-27)26-22(28)18(5)32-23-20(13-24)16(3)15(2)17(4)25-23/h6-7,12,18H,8-11H2,1-5H3,(H,26,28)/t18-/m1/s1. The molecular formula is C23H28N4O4S2. The predicted molar refractivity (Wildman–Crippen MR) is 128 cm³/mol. The largest absolute Gasteiger partial charge is 0.379 e. The monoisotopic (exact) mass is 488 g/mol. The second kappa shape index (κ2) is 10.2. The van der Waals surface area contributed by atoms with Crippen LogP contribution in [0.4, 0.5) is 5.69 Å². The van der Waals surface area contributed by atoms with Crippen molar-refractivity contribution in [3.05, 3.63) is 46.1 Å². The van der Waals surface area contributed by atoms with Crippen molar-refractivity contribution in [1.29, 1.82) is 5.26 Å². The van der Waals surface area contributed by atoms with Crippen LogP contribution in [-0.4, -0.2) is 55.2 Å². The van der Waals surface area contributed by atoms with Gasteiger partial charge in [-0.05, 0) is 63.4 Å². The molecule has 10 heteroatoms. The van der Waals surface area contributed by atoms with Crippen molar-refractivity contribution in [3.8, 4) is 6.07 Å². The van der Waals surface area contributed by atoms with Crippen LogP contribution in [0.2, 0.25) is 0 Å². The lowest BCUT2D eigenvalue weighted by atomic mass is 10.1. The average Bonchev–Trinajstić information content (AvgIpc) is 2.79. The summed E-state index contributed by atoms with van der Waals surface area (Å²) in [6, 6.07) is 7.05. The minimum absolute atomic E-state index is 0.167. The van der Waals surface area contributed by atoms with Crippen LogP contribution in [0.5, 0.6) is 0 Å². The summed E-state index contributed by atoms with van der Waals surface area (Å²) in [5.41, 5.74) is 4.11. The number of aromatic nitrogens is 1. The molecule has 0 radical (unpaired) electrons. The van der Waals surface area contributed by atoms with Crippen LogP contribution in [0.15, 0.2) is 28.1 Å². The van der Waals surface area contributed by atoms with E-state index in [1.165, 1.54) is 22.1 Å². The van der Waals surface area contributed by atoms with E-state index >= 15 is 0 Å². The lowest BCUT2D eigenvalue weighted by Crippen LogP contribution is -2.40. The number of ether oxygens (including phenoxy) is 1. The SMILES string of the molecule is Cc1ccc(NC(=O)[C@@H](C)Sc2nc(C)c(C)c(C)c2C#N)cc1S(=O)(=O)N1CCOCC1. The second-order valence-electron chi connectivity index (χ2n) is 7.99. The lowest BCUT2D eigenvalue weighted by molar-refractivity contribution is -0.115. The van der Waals surface area contributed by atoms with Gasteiger partial charge in [-0.1, -0.05) is 17.8 Å². The molecule has 176 valence electrons. The fraction of sp³-hybridized carbons (Fsp3) is 0.435. The average molecular weight is 489 g/mol. The molecule has 1 atom stereocenters. The Bertz CT molecular complexity index is 1220. The van der Waals surface area contributed by atoms with Crippen molar-refractivity contribution in [3.63, 3.8) is 0 Å². The molecule has 0 spiro atoms. The predicted octanol–water partition coefficient (Wildman–Crippen LogP) is 3.33. The maximum absolute atomic E-state index is 13.1. The van der Waals surface area contributed by atoms with E-state index in [-0.39, 0.29) is 10.8 Å². The smallest absolute Gasteiger partial charge is 0.243 e. The minimum Gasteiger partial charge on any atom is -0.379 e. The molecule has 33 heavy (non-hydrogen) atoms. The second-order valence-corrected chi connectivity index (χ2v) is 11.2. The fourth-order valence-electron chi connectivity index (χ4n) is 3.47. The zero-order valence-corrected chi connectivity index (χ0v) is 21.1. The number of carbonyl (C=O) groups excluding carboxylic acids is 1. The first-order chi connectivity index (χ1) is 15.6. The van der Waals surface area contributed by atoms with Crippen molar-refractivity contribution in [2.24, 2.45) is 0 Å². The summed E-state index contributed by atoms with van der Waals surface area (Å²) >= 11 is 1.21. The summed E-state index contributed by atoms with van der Waals surface area (Å²) in [6.45, 7) is 10.5. The molecule has 1 aliphatic heterocycles. The highest BCUT2D eigenvalue weighted by Gasteiger charge is 2.28. The fourth-order valence-corrected chi connectivity index (χ4v) is 6.14. The number of morpholine rings is 1. The van der Waals surface area contributed by atoms with Crippen molar-refractivity contribution < 1.29 is 17.9 Å². The van der Waals surface area contributed by atoms with Crippen LogP contribution < -0.4 is 5.32 Å². The van der Waals surface area contributed by atoms with E-state index in [0.717, 1.165) is 16.8 Å². The Morgan fingerprint density at radius 3 is 2.52 bits per heavy atom. The number of nitrogens with one attached hydrogen (secondary N) is 1. The molecular weight excluding hydrogens is 460 g/mol. The molecule has 2 aromatic rings. The van der Waals surface area contributed by atoms with Crippen molar-refractivity contribution >= 4 is 33.4 Å². The number of hydrogen-bond donors (Lipinski definition) is 1. The van der Waals surface area contributed by atoms with Gasteiger partial charge in [0.05, 0.1) is 28.9 Å². The molecule has 0 bridgehead atoms. The number of aryl methyl sites for hydroxylation is 2. The Hall–Kier alpha value is -2.45. The van der Waals surface area contributed by atoms with Gasteiger partial charge in [-0.15, -0.1) is 0 Å². The van der Waals surface area contributed by atoms with Gasteiger partial charge in [-0.25, -0.2) is 13.4 Å². The van der Waals surface area contributed by atoms with Gasteiger partial charge in [-0.3, -0.25) is 4.79 Å². The van der Waals surface area contributed by atoms with E-state index in [9.17, 15) is 18.5 Å². The third kappa shape index (κ3) is 5.38. The van der Waals surface area contributed by atoms with Gasteiger partial charge in [0, 0.05) is 24.5 Å². The first kappa shape index (κ1) is 25.2. The lowest BCUT2D eigenvalue weighted by Gasteiger charge is -2.27. The van der Waals surface area contributed by atoms with Crippen molar-refractivity contribution in [2.45, 2.75) is 49.8 Å². The Morgan fingerprint density at radius 2 is 1.88 bits per heavy atom. The number of anilines is 1. The summed E-state index contributed by atoms with van der Waals surface area (Å²) in [4.78, 5) is 17.6. The maximum Gasteiger partial charge on any atom is 0.243 e. The van der Waals surface area contributed by atoms with E-state index in [4.69, 9.17) is 4.74 Å². The number of sulfonamides is 1. The Kier molecular flexibility index (Phi) is 7.80. The van der Waals surface area contributed by atoms with Crippen LogP contribution in [0.1, 0.15) is 34.9 Å². The zero-order chi connectivity index (χ0) is 24.3. The normalized spacial score (nSPS) is 15.6. The van der Waals surface area contributed by atoms with E-state index in [2.05, 4.69) is 16.4 Å². The Morgan fingerprint density at radius 1 is 1.21 bits per heavy atom. The molecule has 3 rings (SSSR count). The molecule has 2 heterocycles. The molecule has 1 N–H and O–H groups in total. The highest BCUT2D eigenvalue weighted by molar-refractivity contribution is 8.00.